The maximum absolute atomic E-state index is 12.2. The molecule has 7 heteroatoms. The van der Waals surface area contributed by atoms with Gasteiger partial charge in [-0.15, -0.1) is 11.3 Å². The molecule has 0 unspecified atom stereocenters. The van der Waals surface area contributed by atoms with Gasteiger partial charge in [0.15, 0.2) is 0 Å². The van der Waals surface area contributed by atoms with Crippen molar-refractivity contribution in [1.82, 2.24) is 10.0 Å². The summed E-state index contributed by atoms with van der Waals surface area (Å²) < 4.78 is 27.4. The van der Waals surface area contributed by atoms with Crippen LogP contribution in [0.3, 0.4) is 0 Å². The van der Waals surface area contributed by atoms with E-state index in [1.165, 1.54) is 11.3 Å². The summed E-state index contributed by atoms with van der Waals surface area (Å²) in [4.78, 5) is 1.08. The molecule has 0 spiro atoms. The van der Waals surface area contributed by atoms with Gasteiger partial charge < -0.3 is 5.32 Å². The van der Waals surface area contributed by atoms with E-state index in [0.717, 1.165) is 35.5 Å². The van der Waals surface area contributed by atoms with Crippen LogP contribution in [0, 0.1) is 6.92 Å². The van der Waals surface area contributed by atoms with Crippen molar-refractivity contribution in [2.45, 2.75) is 36.9 Å². The normalized spacial score (nSPS) is 11.9. The van der Waals surface area contributed by atoms with Gasteiger partial charge in [-0.2, -0.15) is 11.8 Å². The van der Waals surface area contributed by atoms with Gasteiger partial charge in [0.25, 0.3) is 0 Å². The van der Waals surface area contributed by atoms with Gasteiger partial charge in [-0.05, 0) is 50.5 Å². The first kappa shape index (κ1) is 18.0. The summed E-state index contributed by atoms with van der Waals surface area (Å²) in [5.41, 5.74) is 1.03. The second-order valence-corrected chi connectivity index (χ2v) is 8.77. The Morgan fingerprint density at radius 2 is 2.05 bits per heavy atom. The predicted molar refractivity (Wildman–Crippen MR) is 89.2 cm³/mol. The largest absolute Gasteiger partial charge is 0.315 e. The minimum absolute atomic E-state index is 0.421. The molecule has 0 aliphatic heterocycles. The summed E-state index contributed by atoms with van der Waals surface area (Å²) in [6, 6.07) is 1.76. The number of thioether (sulfide) groups is 1. The van der Waals surface area contributed by atoms with Gasteiger partial charge in [0.05, 0.1) is 0 Å². The van der Waals surface area contributed by atoms with Crippen LogP contribution in [0.5, 0.6) is 0 Å². The summed E-state index contributed by atoms with van der Waals surface area (Å²) in [7, 11) is -1.48. The van der Waals surface area contributed by atoms with E-state index in [-0.39, 0.29) is 0 Å². The Labute approximate surface area is 130 Å². The zero-order valence-electron chi connectivity index (χ0n) is 12.4. The van der Waals surface area contributed by atoms with Crippen molar-refractivity contribution in [2.24, 2.45) is 0 Å². The molecule has 0 aliphatic rings. The lowest BCUT2D eigenvalue weighted by atomic mass is 10.2. The van der Waals surface area contributed by atoms with E-state index in [1.807, 2.05) is 25.7 Å². The van der Waals surface area contributed by atoms with Crippen LogP contribution in [0.15, 0.2) is 10.3 Å². The lowest BCUT2D eigenvalue weighted by Gasteiger charge is -2.04. The van der Waals surface area contributed by atoms with Crippen LogP contribution in [0.25, 0.3) is 0 Å². The van der Waals surface area contributed by atoms with E-state index in [0.29, 0.717) is 17.3 Å². The van der Waals surface area contributed by atoms with Crippen LogP contribution < -0.4 is 10.0 Å². The average molecular weight is 337 g/mol. The molecule has 0 atom stereocenters. The number of thiophene rings is 1. The first-order valence-corrected chi connectivity index (χ1v) is 10.4. The third kappa shape index (κ3) is 5.73. The van der Waals surface area contributed by atoms with Gasteiger partial charge in [-0.1, -0.05) is 6.42 Å². The highest BCUT2D eigenvalue weighted by atomic mass is 32.2. The number of unbranched alkanes of at least 4 members (excludes halogenated alkanes) is 2. The molecule has 0 radical (unpaired) electrons. The summed E-state index contributed by atoms with van der Waals surface area (Å²) in [5.74, 6) is 1.14. The molecule has 4 nitrogen and oxygen atoms in total. The van der Waals surface area contributed by atoms with E-state index in [2.05, 4.69) is 16.3 Å². The molecule has 116 valence electrons. The van der Waals surface area contributed by atoms with Crippen molar-refractivity contribution in [2.75, 3.05) is 25.6 Å². The van der Waals surface area contributed by atoms with Crippen LogP contribution in [0.2, 0.25) is 0 Å². The van der Waals surface area contributed by atoms with Crippen LogP contribution in [-0.2, 0) is 16.6 Å². The van der Waals surface area contributed by atoms with Crippen LogP contribution >= 0.6 is 23.1 Å². The fourth-order valence-corrected chi connectivity index (χ4v) is 5.00. The van der Waals surface area contributed by atoms with Crippen LogP contribution in [0.1, 0.15) is 29.7 Å². The second kappa shape index (κ2) is 9.04. The average Bonchev–Trinajstić information content (AvgIpc) is 2.77. The molecule has 0 saturated heterocycles. The molecule has 1 heterocycles. The summed E-state index contributed by atoms with van der Waals surface area (Å²) in [6.45, 7) is 3.18. The topological polar surface area (TPSA) is 58.2 Å². The molecular formula is C13H24N2O2S3. The highest BCUT2D eigenvalue weighted by Gasteiger charge is 2.17. The Kier molecular flexibility index (Phi) is 8.13. The van der Waals surface area contributed by atoms with Gasteiger partial charge in [0.2, 0.25) is 10.0 Å². The molecule has 1 aromatic rings. The first-order valence-electron chi connectivity index (χ1n) is 6.73. The molecule has 0 aliphatic carbocycles. The zero-order valence-corrected chi connectivity index (χ0v) is 14.8. The molecule has 0 saturated carbocycles. The molecule has 0 bridgehead atoms. The fourth-order valence-electron chi connectivity index (χ4n) is 1.78. The zero-order chi connectivity index (χ0) is 15.0. The minimum atomic E-state index is -3.34. The predicted octanol–water partition coefficient (Wildman–Crippen LogP) is 2.59. The van der Waals surface area contributed by atoms with Gasteiger partial charge >= 0.3 is 0 Å². The quantitative estimate of drug-likeness (QED) is 0.645. The lowest BCUT2D eigenvalue weighted by molar-refractivity contribution is 0.578. The Balaban J connectivity index is 2.49. The molecule has 0 amide bonds. The highest BCUT2D eigenvalue weighted by molar-refractivity contribution is 7.98. The molecule has 0 fully saturated rings. The lowest BCUT2D eigenvalue weighted by Crippen LogP contribution is -2.24. The molecule has 20 heavy (non-hydrogen) atoms. The van der Waals surface area contributed by atoms with Crippen molar-refractivity contribution in [1.29, 1.82) is 0 Å². The number of nitrogens with one attached hydrogen (secondary N) is 2. The summed E-state index contributed by atoms with van der Waals surface area (Å²) in [5, 5.41) is 3.05. The van der Waals surface area contributed by atoms with Crippen LogP contribution in [0.4, 0.5) is 0 Å². The van der Waals surface area contributed by atoms with E-state index in [1.54, 1.807) is 6.07 Å². The number of aryl methyl sites for hydroxylation is 1. The Morgan fingerprint density at radius 3 is 2.70 bits per heavy atom. The fraction of sp³-hybridized carbons (Fsp3) is 0.692. The van der Waals surface area contributed by atoms with E-state index in [9.17, 15) is 8.42 Å². The Hall–Kier alpha value is -0.0800. The maximum Gasteiger partial charge on any atom is 0.250 e. The SMILES string of the molecule is CNCc1sc(S(=O)(=O)NCCCCCSC)cc1C. The van der Waals surface area contributed by atoms with Gasteiger partial charge in [-0.25, -0.2) is 13.1 Å². The summed E-state index contributed by atoms with van der Waals surface area (Å²) >= 11 is 3.17. The number of hydrogen-bond acceptors (Lipinski definition) is 5. The van der Waals surface area contributed by atoms with Crippen LogP contribution in [-0.4, -0.2) is 34.0 Å². The molecule has 1 aromatic heterocycles. The molecule has 1 rings (SSSR count). The Bertz CT molecular complexity index is 498. The van der Waals surface area contributed by atoms with E-state index < -0.39 is 10.0 Å². The third-order valence-corrected chi connectivity index (χ3v) is 6.79. The first-order chi connectivity index (χ1) is 9.51. The third-order valence-electron chi connectivity index (χ3n) is 2.92. The molecule has 2 N–H and O–H groups in total. The maximum atomic E-state index is 12.2. The minimum Gasteiger partial charge on any atom is -0.315 e. The highest BCUT2D eigenvalue weighted by Crippen LogP contribution is 2.25. The van der Waals surface area contributed by atoms with E-state index in [4.69, 9.17) is 0 Å². The van der Waals surface area contributed by atoms with E-state index >= 15 is 0 Å². The number of rotatable bonds is 10. The van der Waals surface area contributed by atoms with Crippen molar-refractivity contribution in [3.05, 3.63) is 16.5 Å². The summed E-state index contributed by atoms with van der Waals surface area (Å²) in [6.07, 6.45) is 5.20. The second-order valence-electron chi connectivity index (χ2n) is 4.65. The van der Waals surface area contributed by atoms with Gasteiger partial charge in [0, 0.05) is 18.0 Å². The molecule has 0 aromatic carbocycles. The van der Waals surface area contributed by atoms with Crippen molar-refractivity contribution in [3.8, 4) is 0 Å². The van der Waals surface area contributed by atoms with Crippen molar-refractivity contribution >= 4 is 33.1 Å². The van der Waals surface area contributed by atoms with Gasteiger partial charge in [-0.3, -0.25) is 0 Å². The molecular weight excluding hydrogens is 312 g/mol. The standard InChI is InChI=1S/C13H24N2O2S3/c1-11-9-13(19-12(11)10-14-2)20(16,17)15-7-5-4-6-8-18-3/h9,14-15H,4-8,10H2,1-3H3. The van der Waals surface area contributed by atoms with Gasteiger partial charge in [0.1, 0.15) is 4.21 Å². The smallest absolute Gasteiger partial charge is 0.250 e. The van der Waals surface area contributed by atoms with Crippen molar-refractivity contribution < 1.29 is 8.42 Å². The monoisotopic (exact) mass is 336 g/mol. The number of hydrogen-bond donors (Lipinski definition) is 2. The Morgan fingerprint density at radius 1 is 1.30 bits per heavy atom. The van der Waals surface area contributed by atoms with Crippen molar-refractivity contribution in [3.63, 3.8) is 0 Å². The number of sulfonamides is 1.